The summed E-state index contributed by atoms with van der Waals surface area (Å²) in [6, 6.07) is 7.79. The highest BCUT2D eigenvalue weighted by molar-refractivity contribution is 5.41. The normalized spacial score (nSPS) is 18.9. The fourth-order valence-electron chi connectivity index (χ4n) is 2.16. The lowest BCUT2D eigenvalue weighted by Crippen LogP contribution is -2.11. The molecule has 0 amide bonds. The molecule has 0 aromatic heterocycles. The maximum absolute atomic E-state index is 8.83. The Morgan fingerprint density at radius 3 is 3.06 bits per heavy atom. The summed E-state index contributed by atoms with van der Waals surface area (Å²) >= 11 is 0. The lowest BCUT2D eigenvalue weighted by molar-refractivity contribution is 0.283. The Hall–Kier alpha value is -1.53. The van der Waals surface area contributed by atoms with Gasteiger partial charge in [0.1, 0.15) is 5.75 Å². The Balaban J connectivity index is 1.82. The van der Waals surface area contributed by atoms with Crippen LogP contribution in [0.15, 0.2) is 18.2 Å². The minimum absolute atomic E-state index is 0.720. The zero-order chi connectivity index (χ0) is 12.1. The molecule has 1 aromatic carbocycles. The van der Waals surface area contributed by atoms with E-state index >= 15 is 0 Å². The molecule has 1 N–H and O–H groups in total. The van der Waals surface area contributed by atoms with Crippen LogP contribution in [0.2, 0.25) is 0 Å². The number of aryl methyl sites for hydroxylation is 1. The third kappa shape index (κ3) is 3.21. The van der Waals surface area contributed by atoms with Crippen molar-refractivity contribution in [2.75, 3.05) is 19.7 Å². The van der Waals surface area contributed by atoms with E-state index in [0.717, 1.165) is 48.9 Å². The SMILES string of the molecule is Cc1cc(OCCC2CCNC2)ccc1C#N. The molecule has 0 bridgehead atoms. The molecule has 1 aromatic rings. The zero-order valence-corrected chi connectivity index (χ0v) is 10.2. The van der Waals surface area contributed by atoms with Gasteiger partial charge in [-0.15, -0.1) is 0 Å². The van der Waals surface area contributed by atoms with Gasteiger partial charge in [0.05, 0.1) is 18.2 Å². The van der Waals surface area contributed by atoms with Gasteiger partial charge in [0, 0.05) is 0 Å². The first-order chi connectivity index (χ1) is 8.29. The molecule has 0 radical (unpaired) electrons. The van der Waals surface area contributed by atoms with Gasteiger partial charge < -0.3 is 10.1 Å². The second-order valence-corrected chi connectivity index (χ2v) is 4.58. The van der Waals surface area contributed by atoms with Crippen LogP contribution >= 0.6 is 0 Å². The van der Waals surface area contributed by atoms with Gasteiger partial charge in [0.25, 0.3) is 0 Å². The Morgan fingerprint density at radius 1 is 1.53 bits per heavy atom. The van der Waals surface area contributed by atoms with E-state index in [1.807, 2.05) is 25.1 Å². The molecular weight excluding hydrogens is 212 g/mol. The first kappa shape index (κ1) is 11.9. The zero-order valence-electron chi connectivity index (χ0n) is 10.2. The predicted molar refractivity (Wildman–Crippen MR) is 67.0 cm³/mol. The highest BCUT2D eigenvalue weighted by Crippen LogP contribution is 2.18. The van der Waals surface area contributed by atoms with Gasteiger partial charge in [0.2, 0.25) is 0 Å². The number of hydrogen-bond donors (Lipinski definition) is 1. The van der Waals surface area contributed by atoms with E-state index in [0.29, 0.717) is 0 Å². The molecule has 1 atom stereocenters. The van der Waals surface area contributed by atoms with Crippen LogP contribution in [-0.4, -0.2) is 19.7 Å². The maximum atomic E-state index is 8.83. The third-order valence-corrected chi connectivity index (χ3v) is 3.28. The minimum atomic E-state index is 0.720. The number of nitriles is 1. The highest BCUT2D eigenvalue weighted by Gasteiger charge is 2.13. The van der Waals surface area contributed by atoms with Gasteiger partial charge in [-0.3, -0.25) is 0 Å². The summed E-state index contributed by atoms with van der Waals surface area (Å²) in [7, 11) is 0. The Kier molecular flexibility index (Phi) is 4.00. The van der Waals surface area contributed by atoms with Crippen molar-refractivity contribution in [1.82, 2.24) is 5.32 Å². The monoisotopic (exact) mass is 230 g/mol. The van der Waals surface area contributed by atoms with Crippen molar-refractivity contribution in [3.8, 4) is 11.8 Å². The second-order valence-electron chi connectivity index (χ2n) is 4.58. The number of ether oxygens (including phenoxy) is 1. The van der Waals surface area contributed by atoms with E-state index in [2.05, 4.69) is 11.4 Å². The molecule has 1 saturated heterocycles. The first-order valence-corrected chi connectivity index (χ1v) is 6.14. The van der Waals surface area contributed by atoms with Crippen molar-refractivity contribution in [1.29, 1.82) is 5.26 Å². The molecule has 1 aliphatic heterocycles. The molecule has 1 fully saturated rings. The van der Waals surface area contributed by atoms with Crippen molar-refractivity contribution >= 4 is 0 Å². The van der Waals surface area contributed by atoms with Crippen LogP contribution in [-0.2, 0) is 0 Å². The van der Waals surface area contributed by atoms with Crippen LogP contribution in [0.3, 0.4) is 0 Å². The molecule has 2 rings (SSSR count). The third-order valence-electron chi connectivity index (χ3n) is 3.28. The summed E-state index contributed by atoms with van der Waals surface area (Å²) in [6.07, 6.45) is 2.36. The summed E-state index contributed by atoms with van der Waals surface area (Å²) in [5.74, 6) is 1.63. The van der Waals surface area contributed by atoms with Gasteiger partial charge in [0.15, 0.2) is 0 Å². The van der Waals surface area contributed by atoms with Crippen LogP contribution in [0.5, 0.6) is 5.75 Å². The van der Waals surface area contributed by atoms with Crippen molar-refractivity contribution in [2.24, 2.45) is 5.92 Å². The Labute approximate surface area is 102 Å². The molecule has 0 spiro atoms. The molecule has 0 aliphatic carbocycles. The van der Waals surface area contributed by atoms with Gasteiger partial charge >= 0.3 is 0 Å². The average Bonchev–Trinajstić information content (AvgIpc) is 2.82. The van der Waals surface area contributed by atoms with E-state index in [-0.39, 0.29) is 0 Å². The minimum Gasteiger partial charge on any atom is -0.494 e. The van der Waals surface area contributed by atoms with Crippen molar-refractivity contribution < 1.29 is 4.74 Å². The Bertz CT molecular complexity index is 417. The quantitative estimate of drug-likeness (QED) is 0.862. The lowest BCUT2D eigenvalue weighted by Gasteiger charge is -2.10. The predicted octanol–water partition coefficient (Wildman–Crippen LogP) is 2.25. The number of nitrogens with one attached hydrogen (secondary N) is 1. The van der Waals surface area contributed by atoms with Gasteiger partial charge in [-0.05, 0) is 62.5 Å². The molecule has 3 nitrogen and oxygen atoms in total. The fraction of sp³-hybridized carbons (Fsp3) is 0.500. The number of hydrogen-bond acceptors (Lipinski definition) is 3. The van der Waals surface area contributed by atoms with Crippen molar-refractivity contribution in [3.05, 3.63) is 29.3 Å². The summed E-state index contributed by atoms with van der Waals surface area (Å²) in [6.45, 7) is 4.96. The van der Waals surface area contributed by atoms with Crippen LogP contribution in [0.4, 0.5) is 0 Å². The van der Waals surface area contributed by atoms with Gasteiger partial charge in [-0.2, -0.15) is 5.26 Å². The molecule has 1 unspecified atom stereocenters. The van der Waals surface area contributed by atoms with E-state index in [1.54, 1.807) is 0 Å². The van der Waals surface area contributed by atoms with Gasteiger partial charge in [-0.25, -0.2) is 0 Å². The number of rotatable bonds is 4. The maximum Gasteiger partial charge on any atom is 0.119 e. The van der Waals surface area contributed by atoms with Crippen molar-refractivity contribution in [2.45, 2.75) is 19.8 Å². The van der Waals surface area contributed by atoms with E-state index in [4.69, 9.17) is 10.00 Å². The molecular formula is C14H18N2O. The average molecular weight is 230 g/mol. The van der Waals surface area contributed by atoms with Crippen LogP contribution in [0.1, 0.15) is 24.0 Å². The summed E-state index contributed by atoms with van der Waals surface area (Å²) < 4.78 is 5.71. The fourth-order valence-corrected chi connectivity index (χ4v) is 2.16. The molecule has 1 aliphatic rings. The molecule has 3 heteroatoms. The lowest BCUT2D eigenvalue weighted by atomic mass is 10.1. The standard InChI is InChI=1S/C14H18N2O/c1-11-8-14(3-2-13(11)9-15)17-7-5-12-4-6-16-10-12/h2-3,8,12,16H,4-7,10H2,1H3. The van der Waals surface area contributed by atoms with Crippen molar-refractivity contribution in [3.63, 3.8) is 0 Å². The number of benzene rings is 1. The van der Waals surface area contributed by atoms with Crippen LogP contribution in [0.25, 0.3) is 0 Å². The smallest absolute Gasteiger partial charge is 0.119 e. The summed E-state index contributed by atoms with van der Waals surface area (Å²) in [4.78, 5) is 0. The van der Waals surface area contributed by atoms with Crippen LogP contribution in [0, 0.1) is 24.2 Å². The summed E-state index contributed by atoms with van der Waals surface area (Å²) in [5.41, 5.74) is 1.70. The molecule has 90 valence electrons. The first-order valence-electron chi connectivity index (χ1n) is 6.14. The van der Waals surface area contributed by atoms with E-state index in [1.165, 1.54) is 6.42 Å². The molecule has 17 heavy (non-hydrogen) atoms. The topological polar surface area (TPSA) is 45.0 Å². The second kappa shape index (κ2) is 5.70. The Morgan fingerprint density at radius 2 is 2.41 bits per heavy atom. The highest BCUT2D eigenvalue weighted by atomic mass is 16.5. The number of nitrogens with zero attached hydrogens (tertiary/aromatic N) is 1. The molecule has 0 saturated carbocycles. The molecule has 1 heterocycles. The van der Waals surface area contributed by atoms with E-state index in [9.17, 15) is 0 Å². The van der Waals surface area contributed by atoms with Crippen LogP contribution < -0.4 is 10.1 Å². The largest absolute Gasteiger partial charge is 0.494 e. The van der Waals surface area contributed by atoms with Gasteiger partial charge in [-0.1, -0.05) is 0 Å². The van der Waals surface area contributed by atoms with E-state index < -0.39 is 0 Å². The summed E-state index contributed by atoms with van der Waals surface area (Å²) in [5, 5.41) is 12.2.